The highest BCUT2D eigenvalue weighted by Crippen LogP contribution is 2.36. The van der Waals surface area contributed by atoms with Crippen LogP contribution in [0.5, 0.6) is 0 Å². The number of ether oxygens (including phenoxy) is 1. The first-order valence-electron chi connectivity index (χ1n) is 9.51. The van der Waals surface area contributed by atoms with E-state index in [1.54, 1.807) is 22.9 Å². The molecule has 2 N–H and O–H groups in total. The average molecular weight is 425 g/mol. The highest BCUT2D eigenvalue weighted by Gasteiger charge is 2.23. The molecule has 0 amide bonds. The number of nitrogen functional groups attached to an aromatic ring is 1. The molecule has 152 valence electrons. The van der Waals surface area contributed by atoms with E-state index in [4.69, 9.17) is 27.1 Å². The molecule has 0 aliphatic carbocycles. The zero-order chi connectivity index (χ0) is 20.7. The number of halogens is 2. The second kappa shape index (κ2) is 7.55. The van der Waals surface area contributed by atoms with Crippen molar-refractivity contribution in [3.63, 3.8) is 0 Å². The van der Waals surface area contributed by atoms with Crippen molar-refractivity contribution in [2.24, 2.45) is 0 Å². The van der Waals surface area contributed by atoms with Gasteiger partial charge in [0.1, 0.15) is 11.6 Å². The summed E-state index contributed by atoms with van der Waals surface area (Å²) in [6.45, 7) is 2.58. The molecule has 9 heteroatoms. The van der Waals surface area contributed by atoms with Gasteiger partial charge in [0.25, 0.3) is 0 Å². The normalized spacial score (nSPS) is 14.4. The number of hydrogen-bond donors (Lipinski definition) is 1. The van der Waals surface area contributed by atoms with Gasteiger partial charge in [0, 0.05) is 23.7 Å². The van der Waals surface area contributed by atoms with Crippen LogP contribution in [0.1, 0.15) is 0 Å². The fourth-order valence-electron chi connectivity index (χ4n) is 3.53. The number of fused-ring (bicyclic) bond motifs is 1. The summed E-state index contributed by atoms with van der Waals surface area (Å²) in [5.41, 5.74) is 8.90. The molecule has 2 aromatic heterocycles. The molecular weight excluding hydrogens is 407 g/mol. The minimum atomic E-state index is -0.333. The largest absolute Gasteiger partial charge is 0.383 e. The maximum absolute atomic E-state index is 13.4. The molecular formula is C21H18ClFN6O. The third kappa shape index (κ3) is 3.24. The molecule has 0 spiro atoms. The van der Waals surface area contributed by atoms with Crippen molar-refractivity contribution in [3.8, 4) is 16.9 Å². The van der Waals surface area contributed by atoms with E-state index in [0.29, 0.717) is 65.5 Å². The van der Waals surface area contributed by atoms with Crippen molar-refractivity contribution in [2.75, 3.05) is 36.9 Å². The van der Waals surface area contributed by atoms with E-state index in [-0.39, 0.29) is 5.82 Å². The second-order valence-electron chi connectivity index (χ2n) is 6.92. The van der Waals surface area contributed by atoms with E-state index in [1.807, 2.05) is 18.2 Å². The SMILES string of the molecule is Nc1c2c(-c3ccccc3Cl)nc(N3CCOCC3)nc2nn1-c1ccc(F)cc1. The lowest BCUT2D eigenvalue weighted by Crippen LogP contribution is -2.37. The molecule has 4 aromatic rings. The molecule has 0 unspecified atom stereocenters. The first kappa shape index (κ1) is 18.8. The summed E-state index contributed by atoms with van der Waals surface area (Å²) in [5, 5.41) is 5.76. The number of hydrogen-bond acceptors (Lipinski definition) is 6. The Morgan fingerprint density at radius 2 is 1.73 bits per heavy atom. The summed E-state index contributed by atoms with van der Waals surface area (Å²) in [5.74, 6) is 0.574. The minimum absolute atomic E-state index is 0.333. The predicted molar refractivity (Wildman–Crippen MR) is 115 cm³/mol. The number of nitrogens with two attached hydrogens (primary N) is 1. The molecule has 1 aliphatic heterocycles. The number of anilines is 2. The van der Waals surface area contributed by atoms with Gasteiger partial charge in [-0.1, -0.05) is 29.8 Å². The van der Waals surface area contributed by atoms with Gasteiger partial charge in [-0.2, -0.15) is 4.98 Å². The Hall–Kier alpha value is -3.23. The first-order chi connectivity index (χ1) is 14.6. The lowest BCUT2D eigenvalue weighted by molar-refractivity contribution is 0.122. The van der Waals surface area contributed by atoms with Gasteiger partial charge < -0.3 is 15.4 Å². The summed E-state index contributed by atoms with van der Waals surface area (Å²) < 4.78 is 20.4. The molecule has 1 fully saturated rings. The molecule has 30 heavy (non-hydrogen) atoms. The van der Waals surface area contributed by atoms with Gasteiger partial charge in [-0.05, 0) is 30.3 Å². The van der Waals surface area contributed by atoms with E-state index in [9.17, 15) is 4.39 Å². The highest BCUT2D eigenvalue weighted by atomic mass is 35.5. The van der Waals surface area contributed by atoms with Crippen molar-refractivity contribution in [1.82, 2.24) is 19.7 Å². The molecule has 1 saturated heterocycles. The predicted octanol–water partition coefficient (Wildman–Crippen LogP) is 3.69. The summed E-state index contributed by atoms with van der Waals surface area (Å²) >= 11 is 6.49. The van der Waals surface area contributed by atoms with Gasteiger partial charge in [-0.15, -0.1) is 5.10 Å². The third-order valence-corrected chi connectivity index (χ3v) is 5.38. The summed E-state index contributed by atoms with van der Waals surface area (Å²) in [6, 6.07) is 13.4. The molecule has 2 aromatic carbocycles. The van der Waals surface area contributed by atoms with Crippen LogP contribution in [-0.2, 0) is 4.74 Å². The van der Waals surface area contributed by atoms with Gasteiger partial charge in [0.2, 0.25) is 5.95 Å². The van der Waals surface area contributed by atoms with E-state index in [2.05, 4.69) is 15.0 Å². The van der Waals surface area contributed by atoms with Crippen LogP contribution in [0.25, 0.3) is 28.0 Å². The zero-order valence-electron chi connectivity index (χ0n) is 15.9. The van der Waals surface area contributed by atoms with Crippen molar-refractivity contribution < 1.29 is 9.13 Å². The van der Waals surface area contributed by atoms with Crippen LogP contribution in [0.2, 0.25) is 5.02 Å². The fourth-order valence-corrected chi connectivity index (χ4v) is 3.76. The van der Waals surface area contributed by atoms with Crippen molar-refractivity contribution >= 4 is 34.4 Å². The zero-order valence-corrected chi connectivity index (χ0v) is 16.7. The van der Waals surface area contributed by atoms with E-state index >= 15 is 0 Å². The maximum Gasteiger partial charge on any atom is 0.228 e. The van der Waals surface area contributed by atoms with Crippen LogP contribution < -0.4 is 10.6 Å². The molecule has 0 radical (unpaired) electrons. The van der Waals surface area contributed by atoms with Crippen LogP contribution in [0.15, 0.2) is 48.5 Å². The van der Waals surface area contributed by atoms with Crippen LogP contribution in [0.4, 0.5) is 16.2 Å². The summed E-state index contributed by atoms with van der Waals surface area (Å²) in [6.07, 6.45) is 0. The van der Waals surface area contributed by atoms with Crippen LogP contribution in [0.3, 0.4) is 0 Å². The van der Waals surface area contributed by atoms with Crippen molar-refractivity contribution in [3.05, 3.63) is 59.4 Å². The number of morpholine rings is 1. The summed E-state index contributed by atoms with van der Waals surface area (Å²) in [4.78, 5) is 11.5. The Bertz CT molecular complexity index is 1220. The van der Waals surface area contributed by atoms with E-state index in [1.165, 1.54) is 12.1 Å². The topological polar surface area (TPSA) is 82.1 Å². The second-order valence-corrected chi connectivity index (χ2v) is 7.33. The van der Waals surface area contributed by atoms with Crippen LogP contribution >= 0.6 is 11.6 Å². The Balaban J connectivity index is 1.76. The number of aromatic nitrogens is 4. The average Bonchev–Trinajstić information content (AvgIpc) is 3.11. The molecule has 5 rings (SSSR count). The van der Waals surface area contributed by atoms with Gasteiger partial charge in [-0.3, -0.25) is 0 Å². The smallest absolute Gasteiger partial charge is 0.228 e. The van der Waals surface area contributed by atoms with Gasteiger partial charge in [0.05, 0.1) is 30.0 Å². The molecule has 0 bridgehead atoms. The van der Waals surface area contributed by atoms with Gasteiger partial charge >= 0.3 is 0 Å². The fraction of sp³-hybridized carbons (Fsp3) is 0.190. The molecule has 3 heterocycles. The minimum Gasteiger partial charge on any atom is -0.383 e. The molecule has 7 nitrogen and oxygen atoms in total. The monoisotopic (exact) mass is 424 g/mol. The Kier molecular flexibility index (Phi) is 4.72. The molecule has 1 aliphatic rings. The lowest BCUT2D eigenvalue weighted by Gasteiger charge is -2.27. The van der Waals surface area contributed by atoms with Crippen molar-refractivity contribution in [2.45, 2.75) is 0 Å². The quantitative estimate of drug-likeness (QED) is 0.540. The van der Waals surface area contributed by atoms with Crippen molar-refractivity contribution in [1.29, 1.82) is 0 Å². The summed E-state index contributed by atoms with van der Waals surface area (Å²) in [7, 11) is 0. The maximum atomic E-state index is 13.4. The lowest BCUT2D eigenvalue weighted by atomic mass is 10.1. The number of nitrogens with zero attached hydrogens (tertiary/aromatic N) is 5. The van der Waals surface area contributed by atoms with E-state index < -0.39 is 0 Å². The molecule has 0 saturated carbocycles. The molecule has 0 atom stereocenters. The Morgan fingerprint density at radius 3 is 2.47 bits per heavy atom. The Labute approximate surface area is 176 Å². The third-order valence-electron chi connectivity index (χ3n) is 5.05. The van der Waals surface area contributed by atoms with Crippen LogP contribution in [-0.4, -0.2) is 46.1 Å². The van der Waals surface area contributed by atoms with Gasteiger partial charge in [-0.25, -0.2) is 14.1 Å². The highest BCUT2D eigenvalue weighted by molar-refractivity contribution is 6.33. The van der Waals surface area contributed by atoms with E-state index in [0.717, 1.165) is 5.56 Å². The van der Waals surface area contributed by atoms with Crippen LogP contribution in [0, 0.1) is 5.82 Å². The standard InChI is InChI=1S/C21H18ClFN6O/c22-16-4-2-1-3-15(16)18-17-19(24)29(14-7-5-13(23)6-8-14)27-20(17)26-21(25-18)28-9-11-30-12-10-28/h1-8H,9-12,24H2. The Morgan fingerprint density at radius 1 is 1.00 bits per heavy atom. The number of rotatable bonds is 3. The van der Waals surface area contributed by atoms with Gasteiger partial charge in [0.15, 0.2) is 5.65 Å². The first-order valence-corrected chi connectivity index (χ1v) is 9.89. The number of benzene rings is 2.